The summed E-state index contributed by atoms with van der Waals surface area (Å²) in [5.41, 5.74) is 5.89. The van der Waals surface area contributed by atoms with Gasteiger partial charge in [-0.3, -0.25) is 0 Å². The monoisotopic (exact) mass is 228 g/mol. The van der Waals surface area contributed by atoms with Crippen LogP contribution in [0.4, 0.5) is 0 Å². The molecule has 1 aliphatic heterocycles. The summed E-state index contributed by atoms with van der Waals surface area (Å²) in [4.78, 5) is 7.18. The number of rotatable bonds is 6. The zero-order valence-electron chi connectivity index (χ0n) is 11.2. The van der Waals surface area contributed by atoms with Crippen LogP contribution in [-0.2, 0) is 0 Å². The van der Waals surface area contributed by atoms with E-state index in [-0.39, 0.29) is 0 Å². The molecule has 0 aromatic rings. The Kier molecular flexibility index (Phi) is 6.28. The number of likely N-dealkylation sites (N-methyl/N-ethyl adjacent to an activating group) is 2. The van der Waals surface area contributed by atoms with Crippen molar-refractivity contribution >= 4 is 0 Å². The molecule has 0 amide bonds. The van der Waals surface area contributed by atoms with Gasteiger partial charge in [0.05, 0.1) is 0 Å². The molecule has 1 rings (SSSR count). The second kappa shape index (κ2) is 7.22. The van der Waals surface area contributed by atoms with Gasteiger partial charge in [0.25, 0.3) is 0 Å². The van der Waals surface area contributed by atoms with Crippen LogP contribution in [0.2, 0.25) is 0 Å². The standard InChI is InChI=1S/C12H28N4/c1-14(2)8-9-15(3)10-11-16-6-4-12(13)5-7-16/h12H,4-11,13H2,1-3H3. The molecular weight excluding hydrogens is 200 g/mol. The van der Waals surface area contributed by atoms with Crippen molar-refractivity contribution in [2.75, 3.05) is 60.4 Å². The predicted molar refractivity (Wildman–Crippen MR) is 69.7 cm³/mol. The first kappa shape index (κ1) is 13.9. The molecule has 0 aromatic carbocycles. The third-order valence-corrected chi connectivity index (χ3v) is 3.36. The van der Waals surface area contributed by atoms with E-state index < -0.39 is 0 Å². The number of likely N-dealkylation sites (tertiary alicyclic amines) is 1. The molecule has 0 atom stereocenters. The first-order valence-electron chi connectivity index (χ1n) is 6.39. The van der Waals surface area contributed by atoms with Crippen molar-refractivity contribution in [1.82, 2.24) is 14.7 Å². The van der Waals surface area contributed by atoms with Crippen LogP contribution in [0, 0.1) is 0 Å². The van der Waals surface area contributed by atoms with E-state index in [4.69, 9.17) is 5.73 Å². The van der Waals surface area contributed by atoms with Crippen molar-refractivity contribution in [3.8, 4) is 0 Å². The molecule has 0 saturated carbocycles. The molecule has 1 aliphatic rings. The van der Waals surface area contributed by atoms with Crippen molar-refractivity contribution in [3.05, 3.63) is 0 Å². The first-order chi connectivity index (χ1) is 7.58. The summed E-state index contributed by atoms with van der Waals surface area (Å²) >= 11 is 0. The van der Waals surface area contributed by atoms with Gasteiger partial charge in [0, 0.05) is 32.2 Å². The quantitative estimate of drug-likeness (QED) is 0.689. The Morgan fingerprint density at radius 3 is 2.25 bits per heavy atom. The Morgan fingerprint density at radius 2 is 1.69 bits per heavy atom. The lowest BCUT2D eigenvalue weighted by Crippen LogP contribution is -2.43. The maximum Gasteiger partial charge on any atom is 0.0109 e. The van der Waals surface area contributed by atoms with Crippen LogP contribution in [0.25, 0.3) is 0 Å². The van der Waals surface area contributed by atoms with Gasteiger partial charge in [0.1, 0.15) is 0 Å². The molecule has 2 N–H and O–H groups in total. The molecule has 0 aliphatic carbocycles. The third kappa shape index (κ3) is 5.80. The van der Waals surface area contributed by atoms with E-state index in [0.717, 1.165) is 13.1 Å². The normalized spacial score (nSPS) is 19.9. The van der Waals surface area contributed by atoms with Crippen molar-refractivity contribution in [3.63, 3.8) is 0 Å². The Balaban J connectivity index is 2.05. The minimum absolute atomic E-state index is 0.447. The second-order valence-electron chi connectivity index (χ2n) is 5.29. The average molecular weight is 228 g/mol. The maximum absolute atomic E-state index is 5.89. The minimum atomic E-state index is 0.447. The van der Waals surface area contributed by atoms with Crippen LogP contribution >= 0.6 is 0 Å². The number of nitrogens with zero attached hydrogens (tertiary/aromatic N) is 3. The average Bonchev–Trinajstić information content (AvgIpc) is 2.25. The smallest absolute Gasteiger partial charge is 0.0109 e. The number of hydrogen-bond donors (Lipinski definition) is 1. The van der Waals surface area contributed by atoms with E-state index in [1.54, 1.807) is 0 Å². The molecule has 1 fully saturated rings. The lowest BCUT2D eigenvalue weighted by molar-refractivity contribution is 0.181. The van der Waals surface area contributed by atoms with E-state index in [9.17, 15) is 0 Å². The largest absolute Gasteiger partial charge is 0.328 e. The van der Waals surface area contributed by atoms with Crippen molar-refractivity contribution in [2.24, 2.45) is 5.73 Å². The van der Waals surface area contributed by atoms with Crippen molar-refractivity contribution < 1.29 is 0 Å². The summed E-state index contributed by atoms with van der Waals surface area (Å²) in [6.45, 7) is 7.02. The highest BCUT2D eigenvalue weighted by Crippen LogP contribution is 2.07. The van der Waals surface area contributed by atoms with Gasteiger partial charge in [-0.25, -0.2) is 0 Å². The molecule has 0 spiro atoms. The lowest BCUT2D eigenvalue weighted by Gasteiger charge is -2.31. The number of piperidine rings is 1. The Hall–Kier alpha value is -0.160. The van der Waals surface area contributed by atoms with Crippen LogP contribution in [-0.4, -0.2) is 81.2 Å². The van der Waals surface area contributed by atoms with Gasteiger partial charge in [-0.05, 0) is 47.1 Å². The third-order valence-electron chi connectivity index (χ3n) is 3.36. The summed E-state index contributed by atoms with van der Waals surface area (Å²) in [6.07, 6.45) is 2.34. The zero-order valence-corrected chi connectivity index (χ0v) is 11.2. The van der Waals surface area contributed by atoms with Gasteiger partial charge >= 0.3 is 0 Å². The molecule has 0 bridgehead atoms. The van der Waals surface area contributed by atoms with Gasteiger partial charge in [-0.15, -0.1) is 0 Å². The Morgan fingerprint density at radius 1 is 1.06 bits per heavy atom. The fourth-order valence-corrected chi connectivity index (χ4v) is 1.97. The SMILES string of the molecule is CN(C)CCN(C)CCN1CCC(N)CC1. The van der Waals surface area contributed by atoms with Gasteiger partial charge in [0.2, 0.25) is 0 Å². The summed E-state index contributed by atoms with van der Waals surface area (Å²) in [6, 6.07) is 0.447. The van der Waals surface area contributed by atoms with Gasteiger partial charge in [-0.2, -0.15) is 0 Å². The summed E-state index contributed by atoms with van der Waals surface area (Å²) in [5, 5.41) is 0. The maximum atomic E-state index is 5.89. The highest BCUT2D eigenvalue weighted by molar-refractivity contribution is 4.74. The topological polar surface area (TPSA) is 35.7 Å². The summed E-state index contributed by atoms with van der Waals surface area (Å²) in [5.74, 6) is 0. The first-order valence-corrected chi connectivity index (χ1v) is 6.39. The fourth-order valence-electron chi connectivity index (χ4n) is 1.97. The highest BCUT2D eigenvalue weighted by atomic mass is 15.2. The van der Waals surface area contributed by atoms with Crippen molar-refractivity contribution in [2.45, 2.75) is 18.9 Å². The Bertz CT molecular complexity index is 176. The molecular formula is C12H28N4. The zero-order chi connectivity index (χ0) is 12.0. The van der Waals surface area contributed by atoms with Crippen molar-refractivity contribution in [1.29, 1.82) is 0 Å². The molecule has 16 heavy (non-hydrogen) atoms. The molecule has 4 heteroatoms. The van der Waals surface area contributed by atoms with E-state index in [0.29, 0.717) is 6.04 Å². The van der Waals surface area contributed by atoms with E-state index >= 15 is 0 Å². The van der Waals surface area contributed by atoms with Gasteiger partial charge < -0.3 is 20.4 Å². The summed E-state index contributed by atoms with van der Waals surface area (Å²) in [7, 11) is 6.46. The molecule has 1 saturated heterocycles. The minimum Gasteiger partial charge on any atom is -0.328 e. The number of nitrogens with two attached hydrogens (primary N) is 1. The second-order valence-corrected chi connectivity index (χ2v) is 5.29. The fraction of sp³-hybridized carbons (Fsp3) is 1.00. The van der Waals surface area contributed by atoms with Crippen LogP contribution in [0.15, 0.2) is 0 Å². The van der Waals surface area contributed by atoms with Crippen LogP contribution in [0.5, 0.6) is 0 Å². The van der Waals surface area contributed by atoms with E-state index in [2.05, 4.69) is 35.8 Å². The lowest BCUT2D eigenvalue weighted by atomic mass is 10.1. The molecule has 0 radical (unpaired) electrons. The van der Waals surface area contributed by atoms with Crippen LogP contribution in [0.3, 0.4) is 0 Å². The predicted octanol–water partition coefficient (Wildman–Crippen LogP) is -0.0971. The van der Waals surface area contributed by atoms with Crippen LogP contribution in [0.1, 0.15) is 12.8 Å². The number of hydrogen-bond acceptors (Lipinski definition) is 4. The Labute approximate surface area is 100 Å². The van der Waals surface area contributed by atoms with Gasteiger partial charge in [0.15, 0.2) is 0 Å². The molecule has 96 valence electrons. The van der Waals surface area contributed by atoms with E-state index in [1.807, 2.05) is 0 Å². The molecule has 1 heterocycles. The molecule has 4 nitrogen and oxygen atoms in total. The van der Waals surface area contributed by atoms with Gasteiger partial charge in [-0.1, -0.05) is 0 Å². The van der Waals surface area contributed by atoms with E-state index in [1.165, 1.54) is 39.0 Å². The highest BCUT2D eigenvalue weighted by Gasteiger charge is 2.15. The summed E-state index contributed by atoms with van der Waals surface area (Å²) < 4.78 is 0. The molecule has 0 aromatic heterocycles. The molecule has 0 unspecified atom stereocenters. The van der Waals surface area contributed by atoms with Crippen LogP contribution < -0.4 is 5.73 Å².